The Labute approximate surface area is 57.7 Å². The summed E-state index contributed by atoms with van der Waals surface area (Å²) in [5.41, 5.74) is 0.657. The van der Waals surface area contributed by atoms with Gasteiger partial charge in [0, 0.05) is 6.20 Å². The average molecular weight is 139 g/mol. The lowest BCUT2D eigenvalue weighted by Gasteiger charge is -1.95. The highest BCUT2D eigenvalue weighted by Crippen LogP contribution is 2.05. The molecule has 0 aliphatic rings. The molecule has 0 aliphatic carbocycles. The second-order valence-electron chi connectivity index (χ2n) is 1.95. The predicted octanol–water partition coefficient (Wildman–Crippen LogP) is 1.34. The fraction of sp³-hybridized carbons (Fsp3) is 0.143. The van der Waals surface area contributed by atoms with Crippen LogP contribution >= 0.6 is 0 Å². The summed E-state index contributed by atoms with van der Waals surface area (Å²) >= 11 is 0. The Hall–Kier alpha value is -1.25. The van der Waals surface area contributed by atoms with Gasteiger partial charge in [0.2, 0.25) is 5.95 Å². The van der Waals surface area contributed by atoms with Gasteiger partial charge in [0.05, 0.1) is 5.56 Å². The lowest BCUT2D eigenvalue weighted by Crippen LogP contribution is -1.94. The van der Waals surface area contributed by atoms with E-state index in [1.165, 1.54) is 6.20 Å². The number of halogens is 1. The first-order chi connectivity index (χ1) is 4.75. The van der Waals surface area contributed by atoms with Gasteiger partial charge in [-0.05, 0) is 18.6 Å². The molecule has 1 aromatic rings. The van der Waals surface area contributed by atoms with Crippen molar-refractivity contribution in [2.45, 2.75) is 6.92 Å². The topological polar surface area (TPSA) is 30.0 Å². The van der Waals surface area contributed by atoms with Crippen molar-refractivity contribution in [2.24, 2.45) is 0 Å². The number of hydrogen-bond acceptors (Lipinski definition) is 2. The summed E-state index contributed by atoms with van der Waals surface area (Å²) in [5, 5.41) is 0. The molecule has 10 heavy (non-hydrogen) atoms. The molecule has 0 saturated heterocycles. The van der Waals surface area contributed by atoms with E-state index in [9.17, 15) is 9.18 Å². The minimum Gasteiger partial charge on any atom is -0.298 e. The Morgan fingerprint density at radius 2 is 2.40 bits per heavy atom. The van der Waals surface area contributed by atoms with E-state index < -0.39 is 5.95 Å². The molecule has 1 heterocycles. The van der Waals surface area contributed by atoms with Crippen molar-refractivity contribution < 1.29 is 9.18 Å². The number of nitrogens with zero attached hydrogens (tertiary/aromatic N) is 1. The zero-order chi connectivity index (χ0) is 7.56. The van der Waals surface area contributed by atoms with Crippen LogP contribution in [-0.4, -0.2) is 11.3 Å². The quantitative estimate of drug-likeness (QED) is 0.434. The van der Waals surface area contributed by atoms with E-state index in [1.54, 1.807) is 13.0 Å². The number of carbonyl (C=O) groups is 1. The normalized spacial score (nSPS) is 9.40. The summed E-state index contributed by atoms with van der Waals surface area (Å²) in [6.45, 7) is 1.66. The first kappa shape index (κ1) is 6.86. The van der Waals surface area contributed by atoms with Gasteiger partial charge in [-0.15, -0.1) is 0 Å². The van der Waals surface area contributed by atoms with Crippen LogP contribution in [0.3, 0.4) is 0 Å². The monoisotopic (exact) mass is 139 g/mol. The van der Waals surface area contributed by atoms with Gasteiger partial charge in [0.1, 0.15) is 0 Å². The predicted molar refractivity (Wildman–Crippen MR) is 34.3 cm³/mol. The number of aryl methyl sites for hydroxylation is 1. The third-order valence-electron chi connectivity index (χ3n) is 1.28. The summed E-state index contributed by atoms with van der Waals surface area (Å²) in [6, 6.07) is 1.59. The maximum absolute atomic E-state index is 12.5. The van der Waals surface area contributed by atoms with E-state index in [0.717, 1.165) is 0 Å². The van der Waals surface area contributed by atoms with Crippen molar-refractivity contribution in [3.05, 3.63) is 29.3 Å². The van der Waals surface area contributed by atoms with Gasteiger partial charge in [0.25, 0.3) is 0 Å². The van der Waals surface area contributed by atoms with Crippen molar-refractivity contribution in [2.75, 3.05) is 0 Å². The van der Waals surface area contributed by atoms with Crippen LogP contribution in [-0.2, 0) is 0 Å². The van der Waals surface area contributed by atoms with E-state index in [-0.39, 0.29) is 5.56 Å². The summed E-state index contributed by atoms with van der Waals surface area (Å²) in [7, 11) is 0. The van der Waals surface area contributed by atoms with Crippen molar-refractivity contribution in [1.82, 2.24) is 4.98 Å². The molecule has 0 radical (unpaired) electrons. The Morgan fingerprint density at radius 1 is 1.70 bits per heavy atom. The van der Waals surface area contributed by atoms with Crippen molar-refractivity contribution >= 4 is 6.29 Å². The van der Waals surface area contributed by atoms with E-state index in [1.807, 2.05) is 0 Å². The number of pyridine rings is 1. The molecular formula is C7H6FNO. The van der Waals surface area contributed by atoms with Gasteiger partial charge in [-0.1, -0.05) is 0 Å². The van der Waals surface area contributed by atoms with E-state index in [2.05, 4.69) is 4.98 Å². The van der Waals surface area contributed by atoms with Crippen LogP contribution in [0.25, 0.3) is 0 Å². The highest BCUT2D eigenvalue weighted by Gasteiger charge is 2.02. The molecule has 0 saturated carbocycles. The standard InChI is InChI=1S/C7H6FNO/c1-5-2-3-9-7(8)6(5)4-10/h2-4H,1H3. The Kier molecular flexibility index (Phi) is 1.76. The zero-order valence-electron chi connectivity index (χ0n) is 5.47. The van der Waals surface area contributed by atoms with Crippen molar-refractivity contribution in [3.63, 3.8) is 0 Å². The first-order valence-corrected chi connectivity index (χ1v) is 2.82. The SMILES string of the molecule is Cc1ccnc(F)c1C=O. The van der Waals surface area contributed by atoms with Gasteiger partial charge in [-0.2, -0.15) is 4.39 Å². The number of hydrogen-bond donors (Lipinski definition) is 0. The minimum atomic E-state index is -0.699. The van der Waals surface area contributed by atoms with Gasteiger partial charge >= 0.3 is 0 Å². The molecule has 1 rings (SSSR count). The smallest absolute Gasteiger partial charge is 0.223 e. The van der Waals surface area contributed by atoms with Crippen molar-refractivity contribution in [1.29, 1.82) is 0 Å². The Balaban J connectivity index is 3.30. The molecule has 3 heteroatoms. The fourth-order valence-corrected chi connectivity index (χ4v) is 0.678. The Morgan fingerprint density at radius 3 is 2.80 bits per heavy atom. The van der Waals surface area contributed by atoms with Crippen LogP contribution in [0.1, 0.15) is 15.9 Å². The second-order valence-corrected chi connectivity index (χ2v) is 1.95. The highest BCUT2D eigenvalue weighted by atomic mass is 19.1. The largest absolute Gasteiger partial charge is 0.298 e. The van der Waals surface area contributed by atoms with Crippen LogP contribution in [0.5, 0.6) is 0 Å². The number of carbonyl (C=O) groups excluding carboxylic acids is 1. The molecule has 52 valence electrons. The molecule has 0 aliphatic heterocycles. The van der Waals surface area contributed by atoms with Crippen molar-refractivity contribution in [3.8, 4) is 0 Å². The summed E-state index contributed by atoms with van der Waals surface area (Å²) < 4.78 is 12.5. The molecule has 0 aromatic carbocycles. The molecular weight excluding hydrogens is 133 g/mol. The first-order valence-electron chi connectivity index (χ1n) is 2.82. The van der Waals surface area contributed by atoms with Gasteiger partial charge in [-0.25, -0.2) is 4.98 Å². The lowest BCUT2D eigenvalue weighted by molar-refractivity contribution is 0.111. The maximum Gasteiger partial charge on any atom is 0.223 e. The molecule has 0 N–H and O–H groups in total. The van der Waals surface area contributed by atoms with Gasteiger partial charge in [-0.3, -0.25) is 4.79 Å². The number of aldehydes is 1. The molecule has 1 aromatic heterocycles. The average Bonchev–Trinajstić information content (AvgIpc) is 1.88. The molecule has 0 bridgehead atoms. The molecule has 0 spiro atoms. The lowest BCUT2D eigenvalue weighted by atomic mass is 10.2. The fourth-order valence-electron chi connectivity index (χ4n) is 0.678. The summed E-state index contributed by atoms with van der Waals surface area (Å²) in [6.07, 6.45) is 1.80. The van der Waals surface area contributed by atoms with Gasteiger partial charge < -0.3 is 0 Å². The number of aromatic nitrogens is 1. The molecule has 0 atom stereocenters. The third kappa shape index (κ3) is 1.03. The van der Waals surface area contributed by atoms with Crippen LogP contribution in [0.2, 0.25) is 0 Å². The van der Waals surface area contributed by atoms with Gasteiger partial charge in [0.15, 0.2) is 6.29 Å². The van der Waals surface area contributed by atoms with E-state index in [4.69, 9.17) is 0 Å². The second kappa shape index (κ2) is 2.56. The Bertz CT molecular complexity index is 240. The van der Waals surface area contributed by atoms with Crippen LogP contribution in [0.4, 0.5) is 4.39 Å². The van der Waals surface area contributed by atoms with Crippen LogP contribution in [0.15, 0.2) is 12.3 Å². The summed E-state index contributed by atoms with van der Waals surface area (Å²) in [5.74, 6) is -0.699. The minimum absolute atomic E-state index is 0.0440. The molecule has 0 unspecified atom stereocenters. The van der Waals surface area contributed by atoms with Crippen LogP contribution < -0.4 is 0 Å². The molecule has 2 nitrogen and oxygen atoms in total. The van der Waals surface area contributed by atoms with Crippen LogP contribution in [0, 0.1) is 12.9 Å². The summed E-state index contributed by atoms with van der Waals surface area (Å²) in [4.78, 5) is 13.5. The third-order valence-corrected chi connectivity index (χ3v) is 1.28. The zero-order valence-corrected chi connectivity index (χ0v) is 5.47. The molecule has 0 amide bonds. The van der Waals surface area contributed by atoms with E-state index in [0.29, 0.717) is 11.8 Å². The number of rotatable bonds is 1. The highest BCUT2D eigenvalue weighted by molar-refractivity contribution is 5.76. The van der Waals surface area contributed by atoms with E-state index >= 15 is 0 Å². The molecule has 0 fully saturated rings. The maximum atomic E-state index is 12.5.